The second kappa shape index (κ2) is 8.59. The van der Waals surface area contributed by atoms with Gasteiger partial charge in [0.2, 0.25) is 0 Å². The Morgan fingerprint density at radius 2 is 1.88 bits per heavy atom. The van der Waals surface area contributed by atoms with Crippen LogP contribution in [-0.4, -0.2) is 12.0 Å². The molecule has 26 heavy (non-hydrogen) atoms. The maximum Gasteiger partial charge on any atom is 0.261 e. The van der Waals surface area contributed by atoms with Crippen LogP contribution in [-0.2, 0) is 17.6 Å². The van der Waals surface area contributed by atoms with Crippen LogP contribution in [0.3, 0.4) is 0 Å². The molecule has 3 rings (SSSR count). The van der Waals surface area contributed by atoms with Crippen molar-refractivity contribution in [3.63, 3.8) is 0 Å². The van der Waals surface area contributed by atoms with E-state index in [1.54, 1.807) is 12.1 Å². The fourth-order valence-electron chi connectivity index (χ4n) is 3.43. The number of aryl methyl sites for hydroxylation is 2. The minimum Gasteiger partial charge on any atom is -0.479 e. The Labute approximate surface area is 160 Å². The number of nitrogens with one attached hydrogen (secondary N) is 1. The van der Waals surface area contributed by atoms with Gasteiger partial charge in [-0.2, -0.15) is 0 Å². The van der Waals surface area contributed by atoms with Crippen LogP contribution in [0.15, 0.2) is 42.5 Å². The quantitative estimate of drug-likeness (QED) is 0.752. The Morgan fingerprint density at radius 3 is 2.62 bits per heavy atom. The average molecular weight is 372 g/mol. The predicted molar refractivity (Wildman–Crippen MR) is 106 cm³/mol. The maximum absolute atomic E-state index is 12.7. The summed E-state index contributed by atoms with van der Waals surface area (Å²) in [5, 5.41) is 3.60. The molecule has 1 N–H and O–H groups in total. The van der Waals surface area contributed by atoms with Gasteiger partial charge in [0.25, 0.3) is 5.91 Å². The van der Waals surface area contributed by atoms with E-state index in [1.165, 1.54) is 30.4 Å². The molecular weight excluding hydrogens is 346 g/mol. The zero-order valence-corrected chi connectivity index (χ0v) is 16.2. The van der Waals surface area contributed by atoms with E-state index in [-0.39, 0.29) is 11.9 Å². The molecule has 0 aromatic heterocycles. The van der Waals surface area contributed by atoms with E-state index in [1.807, 2.05) is 26.0 Å². The molecule has 0 spiro atoms. The molecule has 138 valence electrons. The van der Waals surface area contributed by atoms with Gasteiger partial charge in [0.15, 0.2) is 6.10 Å². The van der Waals surface area contributed by atoms with E-state index in [4.69, 9.17) is 16.3 Å². The number of ether oxygens (including phenoxy) is 1. The largest absolute Gasteiger partial charge is 0.479 e. The lowest BCUT2D eigenvalue weighted by Gasteiger charge is -2.23. The van der Waals surface area contributed by atoms with Gasteiger partial charge in [0.1, 0.15) is 5.75 Å². The number of carbonyl (C=O) groups is 1. The highest BCUT2D eigenvalue weighted by atomic mass is 35.5. The summed E-state index contributed by atoms with van der Waals surface area (Å²) in [5.74, 6) is 0.426. The van der Waals surface area contributed by atoms with Gasteiger partial charge in [-0.3, -0.25) is 4.79 Å². The van der Waals surface area contributed by atoms with Crippen molar-refractivity contribution in [1.82, 2.24) is 5.32 Å². The summed E-state index contributed by atoms with van der Waals surface area (Å²) < 4.78 is 5.84. The minimum absolute atomic E-state index is 0.0568. The van der Waals surface area contributed by atoms with E-state index in [0.29, 0.717) is 17.2 Å². The number of halogens is 1. The first kappa shape index (κ1) is 18.8. The normalized spacial score (nSPS) is 15.7. The van der Waals surface area contributed by atoms with Crippen molar-refractivity contribution in [1.29, 1.82) is 0 Å². The molecule has 2 atom stereocenters. The van der Waals surface area contributed by atoms with Crippen LogP contribution >= 0.6 is 11.6 Å². The van der Waals surface area contributed by atoms with E-state index in [9.17, 15) is 4.79 Å². The second-order valence-electron chi connectivity index (χ2n) is 6.91. The van der Waals surface area contributed by atoms with Crippen molar-refractivity contribution < 1.29 is 9.53 Å². The summed E-state index contributed by atoms with van der Waals surface area (Å²) >= 11 is 6.14. The molecule has 0 fully saturated rings. The van der Waals surface area contributed by atoms with Crippen molar-refractivity contribution in [2.24, 2.45) is 0 Å². The van der Waals surface area contributed by atoms with Gasteiger partial charge in [-0.15, -0.1) is 0 Å². The van der Waals surface area contributed by atoms with Gasteiger partial charge in [-0.1, -0.05) is 48.9 Å². The Kier molecular flexibility index (Phi) is 6.20. The molecule has 0 bridgehead atoms. The van der Waals surface area contributed by atoms with Gasteiger partial charge in [-0.05, 0) is 67.9 Å². The zero-order chi connectivity index (χ0) is 18.5. The van der Waals surface area contributed by atoms with Crippen molar-refractivity contribution >= 4 is 17.5 Å². The van der Waals surface area contributed by atoms with E-state index in [2.05, 4.69) is 23.5 Å². The van der Waals surface area contributed by atoms with Crippen LogP contribution < -0.4 is 10.1 Å². The molecule has 1 aliphatic rings. The lowest BCUT2D eigenvalue weighted by Crippen LogP contribution is -2.39. The smallest absolute Gasteiger partial charge is 0.261 e. The second-order valence-corrected chi connectivity index (χ2v) is 7.32. The Morgan fingerprint density at radius 1 is 1.15 bits per heavy atom. The molecule has 3 nitrogen and oxygen atoms in total. The molecule has 0 radical (unpaired) electrons. The molecule has 0 aliphatic heterocycles. The molecule has 4 heteroatoms. The molecule has 1 amide bonds. The van der Waals surface area contributed by atoms with Crippen LogP contribution in [0.5, 0.6) is 5.75 Å². The molecule has 0 saturated heterocycles. The third-order valence-electron chi connectivity index (χ3n) is 5.00. The summed E-state index contributed by atoms with van der Waals surface area (Å²) in [5.41, 5.74) is 4.02. The summed E-state index contributed by atoms with van der Waals surface area (Å²) in [6.45, 7) is 3.95. The monoisotopic (exact) mass is 371 g/mol. The minimum atomic E-state index is -0.560. The Hall–Kier alpha value is -2.00. The highest BCUT2D eigenvalue weighted by Gasteiger charge is 2.22. The number of benzene rings is 2. The van der Waals surface area contributed by atoms with Crippen molar-refractivity contribution in [3.8, 4) is 5.75 Å². The maximum atomic E-state index is 12.7. The van der Waals surface area contributed by atoms with Gasteiger partial charge in [0, 0.05) is 0 Å². The number of hydrogen-bond acceptors (Lipinski definition) is 2. The van der Waals surface area contributed by atoms with E-state index in [0.717, 1.165) is 12.0 Å². The number of fused-ring (bicyclic) bond motifs is 1. The van der Waals surface area contributed by atoms with Crippen LogP contribution in [0.25, 0.3) is 0 Å². The Balaban J connectivity index is 1.66. The number of para-hydroxylation sites is 1. The third kappa shape index (κ3) is 4.39. The van der Waals surface area contributed by atoms with E-state index >= 15 is 0 Å². The van der Waals surface area contributed by atoms with Crippen LogP contribution in [0.1, 0.15) is 55.8 Å². The molecular formula is C22H26ClNO2. The number of amides is 1. The average Bonchev–Trinajstić information content (AvgIpc) is 2.66. The Bertz CT molecular complexity index is 774. The fourth-order valence-corrected chi connectivity index (χ4v) is 3.61. The fraction of sp³-hybridized carbons (Fsp3) is 0.409. The summed E-state index contributed by atoms with van der Waals surface area (Å²) in [7, 11) is 0. The van der Waals surface area contributed by atoms with Crippen LogP contribution in [0.4, 0.5) is 0 Å². The molecule has 1 aliphatic carbocycles. The summed E-state index contributed by atoms with van der Waals surface area (Å²) in [4.78, 5) is 12.7. The van der Waals surface area contributed by atoms with Gasteiger partial charge in [0.05, 0.1) is 11.1 Å². The number of hydrogen-bond donors (Lipinski definition) is 1. The van der Waals surface area contributed by atoms with Gasteiger partial charge >= 0.3 is 0 Å². The molecule has 2 aromatic rings. The topological polar surface area (TPSA) is 38.3 Å². The first-order chi connectivity index (χ1) is 12.6. The highest BCUT2D eigenvalue weighted by Crippen LogP contribution is 2.26. The van der Waals surface area contributed by atoms with Crippen molar-refractivity contribution in [2.45, 2.75) is 58.1 Å². The zero-order valence-electron chi connectivity index (χ0n) is 15.4. The first-order valence-corrected chi connectivity index (χ1v) is 9.79. The SMILES string of the molecule is CC[C@H](Oc1ccccc1Cl)C(=O)N[C@@H](C)c1ccc2c(c1)CCCC2. The molecule has 0 unspecified atom stereocenters. The first-order valence-electron chi connectivity index (χ1n) is 9.41. The lowest BCUT2D eigenvalue weighted by atomic mass is 9.89. The molecule has 0 heterocycles. The van der Waals surface area contributed by atoms with Gasteiger partial charge in [-0.25, -0.2) is 0 Å². The van der Waals surface area contributed by atoms with Crippen molar-refractivity contribution in [3.05, 3.63) is 64.2 Å². The van der Waals surface area contributed by atoms with Crippen molar-refractivity contribution in [2.75, 3.05) is 0 Å². The molecule has 2 aromatic carbocycles. The van der Waals surface area contributed by atoms with Crippen LogP contribution in [0, 0.1) is 0 Å². The third-order valence-corrected chi connectivity index (χ3v) is 5.31. The molecule has 0 saturated carbocycles. The highest BCUT2D eigenvalue weighted by molar-refractivity contribution is 6.32. The summed E-state index contributed by atoms with van der Waals surface area (Å²) in [6, 6.07) is 13.8. The summed E-state index contributed by atoms with van der Waals surface area (Å²) in [6.07, 6.45) is 4.84. The number of carbonyl (C=O) groups excluding carboxylic acids is 1. The van der Waals surface area contributed by atoms with Crippen LogP contribution in [0.2, 0.25) is 5.02 Å². The lowest BCUT2D eigenvalue weighted by molar-refractivity contribution is -0.128. The van der Waals surface area contributed by atoms with E-state index < -0.39 is 6.10 Å². The predicted octanol–water partition coefficient (Wildman–Crippen LogP) is 5.25. The van der Waals surface area contributed by atoms with Gasteiger partial charge < -0.3 is 10.1 Å². The number of rotatable bonds is 6. The standard InChI is InChI=1S/C22H26ClNO2/c1-3-20(26-21-11-7-6-10-19(21)23)22(25)24-15(2)17-13-12-16-8-4-5-9-18(16)14-17/h6-7,10-15,20H,3-5,8-9H2,1-2H3,(H,24,25)/t15-,20-/m0/s1.